The van der Waals surface area contributed by atoms with Gasteiger partial charge in [-0.25, -0.2) is 0 Å². The molecule has 54 valence electrons. The molecule has 0 saturated carbocycles. The molecule has 1 aliphatic rings. The number of halogens is 1. The second kappa shape index (κ2) is 3.77. The molecule has 0 aromatic heterocycles. The molecule has 1 aliphatic carbocycles. The Labute approximate surface area is 70.5 Å². The Morgan fingerprint density at radius 3 is 3.10 bits per heavy atom. The van der Waals surface area contributed by atoms with Crippen LogP contribution in [0.4, 0.5) is 0 Å². The highest BCUT2D eigenvalue weighted by Crippen LogP contribution is 2.22. The van der Waals surface area contributed by atoms with Crippen molar-refractivity contribution in [1.29, 1.82) is 0 Å². The fourth-order valence-electron chi connectivity index (χ4n) is 0.959. The fourth-order valence-corrected chi connectivity index (χ4v) is 1.55. The summed E-state index contributed by atoms with van der Waals surface area (Å²) in [6.45, 7) is 2.17. The maximum absolute atomic E-state index is 3.51. The van der Waals surface area contributed by atoms with Gasteiger partial charge in [-0.2, -0.15) is 0 Å². The van der Waals surface area contributed by atoms with E-state index in [-0.39, 0.29) is 0 Å². The Hall–Kier alpha value is -0.300. The summed E-state index contributed by atoms with van der Waals surface area (Å²) in [5.74, 6) is 0. The van der Waals surface area contributed by atoms with E-state index in [9.17, 15) is 0 Å². The van der Waals surface area contributed by atoms with Crippen LogP contribution in [0.15, 0.2) is 34.4 Å². The largest absolute Gasteiger partial charge is 0.0807 e. The molecular formula is C9H11Br. The lowest BCUT2D eigenvalue weighted by Gasteiger charge is -1.98. The first-order valence-electron chi connectivity index (χ1n) is 3.56. The molecule has 0 aromatic carbocycles. The normalized spacial score (nSPS) is 17.8. The van der Waals surface area contributed by atoms with Crippen molar-refractivity contribution in [1.82, 2.24) is 0 Å². The first-order valence-corrected chi connectivity index (χ1v) is 4.35. The van der Waals surface area contributed by atoms with Gasteiger partial charge in [-0.3, -0.25) is 0 Å². The Balaban J connectivity index is 2.81. The van der Waals surface area contributed by atoms with Crippen LogP contribution in [-0.2, 0) is 0 Å². The van der Waals surface area contributed by atoms with E-state index in [2.05, 4.69) is 47.2 Å². The van der Waals surface area contributed by atoms with Gasteiger partial charge in [-0.05, 0) is 24.5 Å². The monoisotopic (exact) mass is 198 g/mol. The molecule has 0 atom stereocenters. The first kappa shape index (κ1) is 7.80. The zero-order chi connectivity index (χ0) is 7.40. The summed E-state index contributed by atoms with van der Waals surface area (Å²) in [5, 5.41) is 0. The predicted molar refractivity (Wildman–Crippen MR) is 49.1 cm³/mol. The molecule has 10 heavy (non-hydrogen) atoms. The molecule has 0 aliphatic heterocycles. The quantitative estimate of drug-likeness (QED) is 0.605. The SMILES string of the molecule is CCC1=CCC=CC=C1Br. The summed E-state index contributed by atoms with van der Waals surface area (Å²) in [6.07, 6.45) is 10.8. The Kier molecular flexibility index (Phi) is 2.94. The molecule has 0 fully saturated rings. The average molecular weight is 199 g/mol. The van der Waals surface area contributed by atoms with E-state index in [4.69, 9.17) is 0 Å². The highest BCUT2D eigenvalue weighted by atomic mass is 79.9. The van der Waals surface area contributed by atoms with E-state index in [0.29, 0.717) is 0 Å². The average Bonchev–Trinajstić information content (AvgIpc) is 2.13. The number of hydrogen-bond acceptors (Lipinski definition) is 0. The van der Waals surface area contributed by atoms with Crippen LogP contribution in [0, 0.1) is 0 Å². The van der Waals surface area contributed by atoms with E-state index in [0.717, 1.165) is 12.8 Å². The topological polar surface area (TPSA) is 0 Å². The molecule has 0 N–H and O–H groups in total. The van der Waals surface area contributed by atoms with Crippen LogP contribution in [0.1, 0.15) is 19.8 Å². The van der Waals surface area contributed by atoms with E-state index >= 15 is 0 Å². The predicted octanol–water partition coefficient (Wildman–Crippen LogP) is 3.56. The minimum absolute atomic E-state index is 1.06. The van der Waals surface area contributed by atoms with Crippen molar-refractivity contribution in [3.8, 4) is 0 Å². The van der Waals surface area contributed by atoms with Gasteiger partial charge in [0.15, 0.2) is 0 Å². The summed E-state index contributed by atoms with van der Waals surface area (Å²) < 4.78 is 1.23. The van der Waals surface area contributed by atoms with Crippen molar-refractivity contribution in [3.05, 3.63) is 34.4 Å². The first-order chi connectivity index (χ1) is 4.84. The van der Waals surface area contributed by atoms with Crippen molar-refractivity contribution >= 4 is 15.9 Å². The second-order valence-corrected chi connectivity index (χ2v) is 3.12. The van der Waals surface area contributed by atoms with Gasteiger partial charge < -0.3 is 0 Å². The van der Waals surface area contributed by atoms with Gasteiger partial charge in [-0.1, -0.05) is 41.1 Å². The molecule has 0 aromatic rings. The fraction of sp³-hybridized carbons (Fsp3) is 0.333. The van der Waals surface area contributed by atoms with Gasteiger partial charge in [-0.15, -0.1) is 0 Å². The van der Waals surface area contributed by atoms with Crippen molar-refractivity contribution in [2.24, 2.45) is 0 Å². The van der Waals surface area contributed by atoms with Crippen LogP contribution < -0.4 is 0 Å². The zero-order valence-corrected chi connectivity index (χ0v) is 7.69. The summed E-state index contributed by atoms with van der Waals surface area (Å²) in [7, 11) is 0. The van der Waals surface area contributed by atoms with E-state index in [1.165, 1.54) is 10.1 Å². The molecule has 0 bridgehead atoms. The van der Waals surface area contributed by atoms with Gasteiger partial charge in [0.25, 0.3) is 0 Å². The maximum Gasteiger partial charge on any atom is 0.0204 e. The summed E-state index contributed by atoms with van der Waals surface area (Å²) in [4.78, 5) is 0. The molecule has 0 unspecified atom stereocenters. The molecular weight excluding hydrogens is 188 g/mol. The molecule has 1 rings (SSSR count). The van der Waals surface area contributed by atoms with Gasteiger partial charge in [0.05, 0.1) is 0 Å². The third-order valence-corrected chi connectivity index (χ3v) is 2.34. The molecule has 0 radical (unpaired) electrons. The van der Waals surface area contributed by atoms with Crippen LogP contribution in [0.3, 0.4) is 0 Å². The van der Waals surface area contributed by atoms with Crippen LogP contribution >= 0.6 is 15.9 Å². The van der Waals surface area contributed by atoms with Crippen molar-refractivity contribution in [2.75, 3.05) is 0 Å². The van der Waals surface area contributed by atoms with Crippen molar-refractivity contribution in [3.63, 3.8) is 0 Å². The van der Waals surface area contributed by atoms with E-state index in [1.54, 1.807) is 0 Å². The summed E-state index contributed by atoms with van der Waals surface area (Å²) in [5.41, 5.74) is 1.41. The molecule has 0 heterocycles. The highest BCUT2D eigenvalue weighted by molar-refractivity contribution is 9.12. The van der Waals surface area contributed by atoms with Gasteiger partial charge in [0.2, 0.25) is 0 Å². The van der Waals surface area contributed by atoms with Gasteiger partial charge in [0.1, 0.15) is 0 Å². The standard InChI is InChI=1S/C9H11Br/c1-2-8-6-4-3-5-7-9(8)10/h3,5-7H,2,4H2,1H3. The smallest absolute Gasteiger partial charge is 0.0204 e. The minimum Gasteiger partial charge on any atom is -0.0807 e. The summed E-state index contributed by atoms with van der Waals surface area (Å²) in [6, 6.07) is 0. The van der Waals surface area contributed by atoms with Crippen LogP contribution in [0.5, 0.6) is 0 Å². The second-order valence-electron chi connectivity index (χ2n) is 2.26. The lowest BCUT2D eigenvalue weighted by Crippen LogP contribution is -1.77. The lowest BCUT2D eigenvalue weighted by atomic mass is 10.2. The molecule has 0 nitrogen and oxygen atoms in total. The molecule has 0 amide bonds. The Bertz CT molecular complexity index is 197. The van der Waals surface area contributed by atoms with Gasteiger partial charge >= 0.3 is 0 Å². The molecule has 1 heteroatoms. The minimum atomic E-state index is 1.06. The van der Waals surface area contributed by atoms with Crippen LogP contribution in [-0.4, -0.2) is 0 Å². The maximum atomic E-state index is 3.51. The van der Waals surface area contributed by atoms with Crippen LogP contribution in [0.25, 0.3) is 0 Å². The molecule has 0 spiro atoms. The van der Waals surface area contributed by atoms with Crippen molar-refractivity contribution in [2.45, 2.75) is 19.8 Å². The number of hydrogen-bond donors (Lipinski definition) is 0. The summed E-state index contributed by atoms with van der Waals surface area (Å²) >= 11 is 3.51. The zero-order valence-electron chi connectivity index (χ0n) is 6.10. The van der Waals surface area contributed by atoms with E-state index in [1.807, 2.05) is 0 Å². The third-order valence-electron chi connectivity index (χ3n) is 1.57. The van der Waals surface area contributed by atoms with E-state index < -0.39 is 0 Å². The number of rotatable bonds is 1. The Morgan fingerprint density at radius 2 is 2.40 bits per heavy atom. The van der Waals surface area contributed by atoms with Gasteiger partial charge in [0, 0.05) is 4.48 Å². The van der Waals surface area contributed by atoms with Crippen LogP contribution in [0.2, 0.25) is 0 Å². The molecule has 0 saturated heterocycles. The third kappa shape index (κ3) is 1.84. The highest BCUT2D eigenvalue weighted by Gasteiger charge is 1.98. The Morgan fingerprint density at radius 1 is 1.60 bits per heavy atom. The number of allylic oxidation sites excluding steroid dienone is 6. The lowest BCUT2D eigenvalue weighted by molar-refractivity contribution is 1.12. The van der Waals surface area contributed by atoms with Crippen molar-refractivity contribution < 1.29 is 0 Å².